The summed E-state index contributed by atoms with van der Waals surface area (Å²) in [4.78, 5) is 13.8. The van der Waals surface area contributed by atoms with E-state index in [1.807, 2.05) is 0 Å². The van der Waals surface area contributed by atoms with E-state index < -0.39 is 6.43 Å². The average molecular weight is 215 g/mol. The molecule has 0 aliphatic rings. The molecule has 3 nitrogen and oxygen atoms in total. The molecule has 0 aliphatic heterocycles. The van der Waals surface area contributed by atoms with Crippen LogP contribution in [-0.4, -0.2) is 17.9 Å². The van der Waals surface area contributed by atoms with Crippen molar-refractivity contribution < 1.29 is 18.3 Å². The van der Waals surface area contributed by atoms with Gasteiger partial charge in [0.05, 0.1) is 5.69 Å². The van der Waals surface area contributed by atoms with Gasteiger partial charge in [-0.15, -0.1) is 0 Å². The summed E-state index contributed by atoms with van der Waals surface area (Å²) in [6.07, 6.45) is -1.51. The molecule has 1 aromatic heterocycles. The molecular weight excluding hydrogens is 204 g/mol. The minimum atomic E-state index is -2.59. The molecule has 0 atom stereocenters. The second kappa shape index (κ2) is 5.38. The lowest BCUT2D eigenvalue weighted by atomic mass is 10.2. The summed E-state index contributed by atoms with van der Waals surface area (Å²) in [6, 6.07) is 2.61. The zero-order chi connectivity index (χ0) is 11.3. The molecule has 0 aromatic carbocycles. The van der Waals surface area contributed by atoms with E-state index in [0.717, 1.165) is 0 Å². The number of aldehydes is 1. The van der Waals surface area contributed by atoms with Crippen LogP contribution in [0.3, 0.4) is 0 Å². The molecular formula is C10H11F2NO2. The molecule has 0 saturated carbocycles. The number of ether oxygens (including phenoxy) is 1. The van der Waals surface area contributed by atoms with Crippen molar-refractivity contribution in [3.63, 3.8) is 0 Å². The number of halogens is 2. The Morgan fingerprint density at radius 2 is 2.27 bits per heavy atom. The Bertz CT molecular complexity index is 342. The van der Waals surface area contributed by atoms with Crippen molar-refractivity contribution in [3.05, 3.63) is 23.5 Å². The summed E-state index contributed by atoms with van der Waals surface area (Å²) in [5, 5.41) is 0. The molecule has 0 fully saturated rings. The van der Waals surface area contributed by atoms with Gasteiger partial charge in [0.1, 0.15) is 18.1 Å². The third-order valence-corrected chi connectivity index (χ3v) is 1.82. The van der Waals surface area contributed by atoms with Crippen LogP contribution in [0.1, 0.15) is 24.7 Å². The highest BCUT2D eigenvalue weighted by Crippen LogP contribution is 2.22. The fraction of sp³-hybridized carbons (Fsp3) is 0.400. The van der Waals surface area contributed by atoms with Gasteiger partial charge in [-0.25, -0.2) is 13.8 Å². The fourth-order valence-electron chi connectivity index (χ4n) is 1.14. The van der Waals surface area contributed by atoms with E-state index in [2.05, 4.69) is 4.98 Å². The van der Waals surface area contributed by atoms with E-state index in [-0.39, 0.29) is 12.3 Å². The van der Waals surface area contributed by atoms with Gasteiger partial charge in [-0.2, -0.15) is 0 Å². The van der Waals surface area contributed by atoms with Crippen LogP contribution >= 0.6 is 0 Å². The summed E-state index contributed by atoms with van der Waals surface area (Å²) in [6.45, 7) is 1.69. The van der Waals surface area contributed by atoms with Crippen molar-refractivity contribution in [2.75, 3.05) is 6.61 Å². The second-order valence-electron chi connectivity index (χ2n) is 2.81. The third kappa shape index (κ3) is 2.97. The molecule has 0 N–H and O–H groups in total. The largest absolute Gasteiger partial charge is 0.484 e. The van der Waals surface area contributed by atoms with Crippen molar-refractivity contribution in [2.45, 2.75) is 19.8 Å². The zero-order valence-electron chi connectivity index (χ0n) is 8.24. The number of rotatable bonds is 5. The highest BCUT2D eigenvalue weighted by atomic mass is 19.3. The first-order valence-corrected chi connectivity index (χ1v) is 4.53. The Morgan fingerprint density at radius 1 is 1.53 bits per heavy atom. The number of carbonyl (C=O) groups excluding carboxylic acids is 1. The Hall–Kier alpha value is -1.52. The predicted molar refractivity (Wildman–Crippen MR) is 50.1 cm³/mol. The maximum atomic E-state index is 12.3. The smallest absolute Gasteiger partial charge is 0.280 e. The molecule has 0 spiro atoms. The van der Waals surface area contributed by atoms with Gasteiger partial charge < -0.3 is 4.74 Å². The molecule has 1 heterocycles. The van der Waals surface area contributed by atoms with E-state index in [1.54, 1.807) is 6.92 Å². The van der Waals surface area contributed by atoms with Crippen LogP contribution in [0.15, 0.2) is 12.1 Å². The van der Waals surface area contributed by atoms with Gasteiger partial charge in [-0.1, -0.05) is 6.92 Å². The minimum absolute atomic E-state index is 0.0945. The minimum Gasteiger partial charge on any atom is -0.484 e. The standard InChI is InChI=1S/C10H11F2NO2/c1-2-7-9(15-6-5-14)4-3-8(13-7)10(11)12/h3-5,10H,2,6H2,1H3. The molecule has 5 heteroatoms. The number of carbonyl (C=O) groups is 1. The molecule has 0 amide bonds. The Balaban J connectivity index is 2.92. The van der Waals surface area contributed by atoms with Crippen molar-refractivity contribution in [3.8, 4) is 5.75 Å². The first kappa shape index (κ1) is 11.6. The molecule has 0 saturated heterocycles. The summed E-state index contributed by atoms with van der Waals surface area (Å²) < 4.78 is 29.7. The maximum Gasteiger partial charge on any atom is 0.280 e. The quantitative estimate of drug-likeness (QED) is 0.706. The normalized spacial score (nSPS) is 10.4. The monoisotopic (exact) mass is 215 g/mol. The number of hydrogen-bond acceptors (Lipinski definition) is 3. The van der Waals surface area contributed by atoms with Crippen molar-refractivity contribution >= 4 is 6.29 Å². The SMILES string of the molecule is CCc1nc(C(F)F)ccc1OCC=O. The number of alkyl halides is 2. The fourth-order valence-corrected chi connectivity index (χ4v) is 1.14. The number of hydrogen-bond donors (Lipinski definition) is 0. The van der Waals surface area contributed by atoms with Gasteiger partial charge in [0.15, 0.2) is 6.29 Å². The van der Waals surface area contributed by atoms with Crippen LogP contribution in [0.25, 0.3) is 0 Å². The predicted octanol–water partition coefficient (Wildman–Crippen LogP) is 2.16. The molecule has 0 bridgehead atoms. The van der Waals surface area contributed by atoms with Gasteiger partial charge in [-0.05, 0) is 18.6 Å². The van der Waals surface area contributed by atoms with E-state index in [1.165, 1.54) is 12.1 Å². The zero-order valence-corrected chi connectivity index (χ0v) is 8.24. The summed E-state index contributed by atoms with van der Waals surface area (Å²) in [7, 11) is 0. The maximum absolute atomic E-state index is 12.3. The van der Waals surface area contributed by atoms with Crippen LogP contribution < -0.4 is 4.74 Å². The van der Waals surface area contributed by atoms with Crippen LogP contribution in [0.4, 0.5) is 8.78 Å². The second-order valence-corrected chi connectivity index (χ2v) is 2.81. The lowest BCUT2D eigenvalue weighted by Gasteiger charge is -2.08. The third-order valence-electron chi connectivity index (χ3n) is 1.82. The van der Waals surface area contributed by atoms with Gasteiger partial charge in [0.25, 0.3) is 6.43 Å². The first-order chi connectivity index (χ1) is 7.19. The van der Waals surface area contributed by atoms with Crippen molar-refractivity contribution in [1.82, 2.24) is 4.98 Å². The van der Waals surface area contributed by atoms with Crippen LogP contribution in [0.2, 0.25) is 0 Å². The van der Waals surface area contributed by atoms with Crippen LogP contribution in [0.5, 0.6) is 5.75 Å². The van der Waals surface area contributed by atoms with Crippen molar-refractivity contribution in [1.29, 1.82) is 0 Å². The summed E-state index contributed by atoms with van der Waals surface area (Å²) in [5.74, 6) is 0.383. The van der Waals surface area contributed by atoms with E-state index in [4.69, 9.17) is 4.74 Å². The molecule has 0 radical (unpaired) electrons. The number of aryl methyl sites for hydroxylation is 1. The van der Waals surface area contributed by atoms with Crippen molar-refractivity contribution in [2.24, 2.45) is 0 Å². The number of nitrogens with zero attached hydrogens (tertiary/aromatic N) is 1. The van der Waals surface area contributed by atoms with Gasteiger partial charge in [0.2, 0.25) is 0 Å². The Labute approximate surface area is 86.1 Å². The van der Waals surface area contributed by atoms with E-state index in [0.29, 0.717) is 24.2 Å². The van der Waals surface area contributed by atoms with Crippen LogP contribution in [0, 0.1) is 0 Å². The first-order valence-electron chi connectivity index (χ1n) is 4.53. The number of pyridine rings is 1. The number of aromatic nitrogens is 1. The lowest BCUT2D eigenvalue weighted by molar-refractivity contribution is -0.109. The van der Waals surface area contributed by atoms with E-state index >= 15 is 0 Å². The molecule has 15 heavy (non-hydrogen) atoms. The van der Waals surface area contributed by atoms with Gasteiger partial charge in [-0.3, -0.25) is 4.79 Å². The highest BCUT2D eigenvalue weighted by Gasteiger charge is 2.12. The molecule has 1 aromatic rings. The lowest BCUT2D eigenvalue weighted by Crippen LogP contribution is -2.03. The summed E-state index contributed by atoms with van der Waals surface area (Å²) >= 11 is 0. The molecule has 0 unspecified atom stereocenters. The molecule has 82 valence electrons. The van der Waals surface area contributed by atoms with Gasteiger partial charge in [0, 0.05) is 0 Å². The van der Waals surface area contributed by atoms with Crippen LogP contribution in [-0.2, 0) is 11.2 Å². The average Bonchev–Trinajstić information content (AvgIpc) is 2.25. The Kier molecular flexibility index (Phi) is 4.15. The molecule has 1 rings (SSSR count). The Morgan fingerprint density at radius 3 is 2.80 bits per heavy atom. The molecule has 0 aliphatic carbocycles. The summed E-state index contributed by atoms with van der Waals surface area (Å²) in [5.41, 5.74) is 0.167. The highest BCUT2D eigenvalue weighted by molar-refractivity contribution is 5.51. The van der Waals surface area contributed by atoms with Gasteiger partial charge >= 0.3 is 0 Å². The van der Waals surface area contributed by atoms with E-state index in [9.17, 15) is 13.6 Å². The topological polar surface area (TPSA) is 39.2 Å².